The van der Waals surface area contributed by atoms with Crippen LogP contribution in [0.1, 0.15) is 19.8 Å². The third-order valence-electron chi connectivity index (χ3n) is 2.32. The molecular formula is C10H15NO3. The van der Waals surface area contributed by atoms with E-state index in [9.17, 15) is 9.59 Å². The fourth-order valence-corrected chi connectivity index (χ4v) is 1.65. The minimum atomic E-state index is -0.385. The standard InChI is InChI=1S/C10H15NO3/c1-3-5-9(12)11-7-4-6-8(11)10(13)14-2/h3,5,8H,4,6-7H2,1-2H3. The zero-order chi connectivity index (χ0) is 10.6. The first-order valence-electron chi connectivity index (χ1n) is 4.71. The van der Waals surface area contributed by atoms with Gasteiger partial charge in [-0.15, -0.1) is 0 Å². The van der Waals surface area contributed by atoms with Crippen LogP contribution in [0.2, 0.25) is 0 Å². The van der Waals surface area contributed by atoms with E-state index in [4.69, 9.17) is 0 Å². The Balaban J connectivity index is 2.68. The molecule has 0 aromatic heterocycles. The van der Waals surface area contributed by atoms with E-state index in [1.807, 2.05) is 0 Å². The second-order valence-electron chi connectivity index (χ2n) is 3.21. The summed E-state index contributed by atoms with van der Waals surface area (Å²) in [5.74, 6) is -0.430. The topological polar surface area (TPSA) is 46.6 Å². The molecule has 1 heterocycles. The van der Waals surface area contributed by atoms with Crippen LogP contribution in [0.5, 0.6) is 0 Å². The van der Waals surface area contributed by atoms with Crippen molar-refractivity contribution in [1.82, 2.24) is 4.90 Å². The molecule has 0 spiro atoms. The van der Waals surface area contributed by atoms with E-state index < -0.39 is 0 Å². The van der Waals surface area contributed by atoms with Crippen LogP contribution >= 0.6 is 0 Å². The molecule has 0 saturated carbocycles. The monoisotopic (exact) mass is 197 g/mol. The molecule has 4 heteroatoms. The Labute approximate surface area is 83.5 Å². The van der Waals surface area contributed by atoms with Gasteiger partial charge in [-0.1, -0.05) is 6.08 Å². The molecule has 1 saturated heterocycles. The van der Waals surface area contributed by atoms with Gasteiger partial charge in [-0.3, -0.25) is 4.79 Å². The zero-order valence-electron chi connectivity index (χ0n) is 8.53. The van der Waals surface area contributed by atoms with Gasteiger partial charge in [-0.25, -0.2) is 4.79 Å². The van der Waals surface area contributed by atoms with Crippen molar-refractivity contribution in [3.63, 3.8) is 0 Å². The average Bonchev–Trinajstić information content (AvgIpc) is 2.65. The van der Waals surface area contributed by atoms with Crippen LogP contribution in [-0.2, 0) is 14.3 Å². The van der Waals surface area contributed by atoms with E-state index >= 15 is 0 Å². The van der Waals surface area contributed by atoms with E-state index in [0.29, 0.717) is 13.0 Å². The fraction of sp³-hybridized carbons (Fsp3) is 0.600. The smallest absolute Gasteiger partial charge is 0.328 e. The lowest BCUT2D eigenvalue weighted by Crippen LogP contribution is -2.40. The lowest BCUT2D eigenvalue weighted by molar-refractivity contribution is -0.149. The molecule has 14 heavy (non-hydrogen) atoms. The number of allylic oxidation sites excluding steroid dienone is 1. The number of carbonyl (C=O) groups excluding carboxylic acids is 2. The number of nitrogens with zero attached hydrogens (tertiary/aromatic N) is 1. The van der Waals surface area contributed by atoms with Crippen LogP contribution in [0.15, 0.2) is 12.2 Å². The summed E-state index contributed by atoms with van der Waals surface area (Å²) in [6.07, 6.45) is 4.72. The highest BCUT2D eigenvalue weighted by Gasteiger charge is 2.33. The Morgan fingerprint density at radius 2 is 2.21 bits per heavy atom. The van der Waals surface area contributed by atoms with Crippen molar-refractivity contribution in [3.8, 4) is 0 Å². The van der Waals surface area contributed by atoms with Gasteiger partial charge >= 0.3 is 5.97 Å². The Bertz CT molecular complexity index is 260. The van der Waals surface area contributed by atoms with Crippen LogP contribution in [0, 0.1) is 0 Å². The van der Waals surface area contributed by atoms with Gasteiger partial charge in [-0.05, 0) is 25.8 Å². The van der Waals surface area contributed by atoms with Crippen molar-refractivity contribution in [2.45, 2.75) is 25.8 Å². The maximum atomic E-state index is 11.5. The Morgan fingerprint density at radius 3 is 2.79 bits per heavy atom. The number of esters is 1. The van der Waals surface area contributed by atoms with Crippen LogP contribution < -0.4 is 0 Å². The first-order valence-corrected chi connectivity index (χ1v) is 4.71. The van der Waals surface area contributed by atoms with Crippen molar-refractivity contribution in [1.29, 1.82) is 0 Å². The molecule has 0 radical (unpaired) electrons. The lowest BCUT2D eigenvalue weighted by Gasteiger charge is -2.20. The fourth-order valence-electron chi connectivity index (χ4n) is 1.65. The number of likely N-dealkylation sites (tertiary alicyclic amines) is 1. The molecule has 1 unspecified atom stereocenters. The second-order valence-corrected chi connectivity index (χ2v) is 3.21. The predicted molar refractivity (Wildman–Crippen MR) is 51.6 cm³/mol. The van der Waals surface area contributed by atoms with Gasteiger partial charge < -0.3 is 9.64 Å². The van der Waals surface area contributed by atoms with Crippen molar-refractivity contribution in [3.05, 3.63) is 12.2 Å². The average molecular weight is 197 g/mol. The molecule has 1 aliphatic rings. The number of methoxy groups -OCH3 is 1. The summed E-state index contributed by atoms with van der Waals surface area (Å²) >= 11 is 0. The Kier molecular flexibility index (Phi) is 3.68. The molecular weight excluding hydrogens is 182 g/mol. The Morgan fingerprint density at radius 1 is 1.50 bits per heavy atom. The van der Waals surface area contributed by atoms with Gasteiger partial charge in [0.25, 0.3) is 0 Å². The normalized spacial score (nSPS) is 21.6. The summed E-state index contributed by atoms with van der Waals surface area (Å²) < 4.78 is 4.64. The molecule has 0 aromatic carbocycles. The third-order valence-corrected chi connectivity index (χ3v) is 2.32. The molecule has 0 aliphatic carbocycles. The molecule has 0 N–H and O–H groups in total. The van der Waals surface area contributed by atoms with E-state index in [0.717, 1.165) is 6.42 Å². The largest absolute Gasteiger partial charge is 0.467 e. The van der Waals surface area contributed by atoms with Crippen LogP contribution in [-0.4, -0.2) is 36.5 Å². The number of carbonyl (C=O) groups is 2. The number of amides is 1. The molecule has 0 bridgehead atoms. The van der Waals surface area contributed by atoms with E-state index in [2.05, 4.69) is 4.74 Å². The van der Waals surface area contributed by atoms with Crippen molar-refractivity contribution < 1.29 is 14.3 Å². The van der Waals surface area contributed by atoms with Gasteiger partial charge in [0.2, 0.25) is 5.91 Å². The molecule has 1 aliphatic heterocycles. The molecule has 1 atom stereocenters. The third kappa shape index (κ3) is 2.13. The highest BCUT2D eigenvalue weighted by molar-refractivity contribution is 5.91. The van der Waals surface area contributed by atoms with Gasteiger partial charge in [0.05, 0.1) is 7.11 Å². The zero-order valence-corrected chi connectivity index (χ0v) is 8.53. The lowest BCUT2D eigenvalue weighted by atomic mass is 10.2. The molecule has 78 valence electrons. The van der Waals surface area contributed by atoms with Gasteiger partial charge in [-0.2, -0.15) is 0 Å². The number of ether oxygens (including phenoxy) is 1. The van der Waals surface area contributed by atoms with Crippen LogP contribution in [0.3, 0.4) is 0 Å². The highest BCUT2D eigenvalue weighted by atomic mass is 16.5. The van der Waals surface area contributed by atoms with Gasteiger partial charge in [0.1, 0.15) is 6.04 Å². The quantitative estimate of drug-likeness (QED) is 0.484. The summed E-state index contributed by atoms with van der Waals surface area (Å²) in [5, 5.41) is 0. The van der Waals surface area contributed by atoms with E-state index in [-0.39, 0.29) is 17.9 Å². The Hall–Kier alpha value is -1.32. The summed E-state index contributed by atoms with van der Waals surface area (Å²) in [7, 11) is 1.35. The highest BCUT2D eigenvalue weighted by Crippen LogP contribution is 2.18. The van der Waals surface area contributed by atoms with Gasteiger partial charge in [0.15, 0.2) is 0 Å². The second kappa shape index (κ2) is 4.79. The van der Waals surface area contributed by atoms with Crippen LogP contribution in [0.25, 0.3) is 0 Å². The predicted octanol–water partition coefficient (Wildman–Crippen LogP) is 0.726. The van der Waals surface area contributed by atoms with E-state index in [1.165, 1.54) is 13.2 Å². The van der Waals surface area contributed by atoms with Gasteiger partial charge in [0, 0.05) is 6.54 Å². The maximum Gasteiger partial charge on any atom is 0.328 e. The van der Waals surface area contributed by atoms with Crippen molar-refractivity contribution in [2.24, 2.45) is 0 Å². The minimum Gasteiger partial charge on any atom is -0.467 e. The molecule has 1 rings (SSSR count). The molecule has 1 amide bonds. The SMILES string of the molecule is CC=CC(=O)N1CCCC1C(=O)OC. The van der Waals surface area contributed by atoms with E-state index in [1.54, 1.807) is 17.9 Å². The summed E-state index contributed by atoms with van der Waals surface area (Å²) in [6, 6.07) is -0.385. The summed E-state index contributed by atoms with van der Waals surface area (Å²) in [6.45, 7) is 2.42. The summed E-state index contributed by atoms with van der Waals surface area (Å²) in [4.78, 5) is 24.4. The van der Waals surface area contributed by atoms with Crippen molar-refractivity contribution in [2.75, 3.05) is 13.7 Å². The number of rotatable bonds is 2. The molecule has 1 fully saturated rings. The number of hydrogen-bond donors (Lipinski definition) is 0. The number of hydrogen-bond acceptors (Lipinski definition) is 3. The molecule has 4 nitrogen and oxygen atoms in total. The first-order chi connectivity index (χ1) is 6.70. The first kappa shape index (κ1) is 10.8. The maximum absolute atomic E-state index is 11.5. The molecule has 0 aromatic rings. The minimum absolute atomic E-state index is 0.111. The van der Waals surface area contributed by atoms with Crippen molar-refractivity contribution >= 4 is 11.9 Å². The van der Waals surface area contributed by atoms with Crippen LogP contribution in [0.4, 0.5) is 0 Å². The summed E-state index contributed by atoms with van der Waals surface area (Å²) in [5.41, 5.74) is 0.